The highest BCUT2D eigenvalue weighted by Gasteiger charge is 2.38. The van der Waals surface area contributed by atoms with Gasteiger partial charge in [-0.1, -0.05) is 72.5 Å². The maximum atomic E-state index is 13.2. The maximum Gasteiger partial charge on any atom is 0.303 e. The Kier molecular flexibility index (Phi) is 6.76. The van der Waals surface area contributed by atoms with Crippen LogP contribution in [0.4, 0.5) is 0 Å². The first-order chi connectivity index (χ1) is 15.9. The lowest BCUT2D eigenvalue weighted by Crippen LogP contribution is -2.47. The zero-order chi connectivity index (χ0) is 23.5. The molecule has 1 heterocycles. The van der Waals surface area contributed by atoms with Gasteiger partial charge in [0.05, 0.1) is 4.91 Å². The quantitative estimate of drug-likeness (QED) is 0.224. The molecule has 4 rings (SSSR count). The molecule has 2 N–H and O–H groups in total. The Hall–Kier alpha value is -3.23. The Morgan fingerprint density at radius 3 is 2.33 bits per heavy atom. The number of carboxylic acid groups (broad SMARTS) is 1. The van der Waals surface area contributed by atoms with E-state index in [1.54, 1.807) is 6.92 Å². The highest BCUT2D eigenvalue weighted by molar-refractivity contribution is 8.26. The summed E-state index contributed by atoms with van der Waals surface area (Å²) in [7, 11) is 0. The van der Waals surface area contributed by atoms with Gasteiger partial charge < -0.3 is 10.4 Å². The number of hydrogen-bond donors (Lipinski definition) is 2. The molecule has 2 amide bonds. The molecular weight excluding hydrogens is 456 g/mol. The Balaban J connectivity index is 1.62. The molecule has 3 aromatic rings. The van der Waals surface area contributed by atoms with Crippen LogP contribution in [-0.4, -0.2) is 44.7 Å². The molecule has 168 valence electrons. The van der Waals surface area contributed by atoms with E-state index in [-0.39, 0.29) is 24.8 Å². The molecule has 0 spiro atoms. The van der Waals surface area contributed by atoms with Crippen LogP contribution in [0.5, 0.6) is 0 Å². The lowest BCUT2D eigenvalue weighted by molar-refractivity contribution is -0.137. The van der Waals surface area contributed by atoms with Crippen molar-refractivity contribution in [2.75, 3.05) is 6.54 Å². The SMILES string of the molecule is CC(C(=O)NCCCC(=O)O)N1C(=O)/C(=C/c2c3ccccc3cc3ccccc23)SC1=S. The number of hydrogen-bond acceptors (Lipinski definition) is 5. The summed E-state index contributed by atoms with van der Waals surface area (Å²) in [6.45, 7) is 1.84. The van der Waals surface area contributed by atoms with Gasteiger partial charge in [-0.3, -0.25) is 19.3 Å². The number of benzene rings is 3. The van der Waals surface area contributed by atoms with E-state index in [1.165, 1.54) is 16.7 Å². The molecule has 1 atom stereocenters. The number of carboxylic acids is 1. The molecular formula is C25H22N2O4S2. The first-order valence-electron chi connectivity index (χ1n) is 10.5. The number of carbonyl (C=O) groups excluding carboxylic acids is 2. The summed E-state index contributed by atoms with van der Waals surface area (Å²) in [5.74, 6) is -1.59. The highest BCUT2D eigenvalue weighted by atomic mass is 32.2. The monoisotopic (exact) mass is 478 g/mol. The van der Waals surface area contributed by atoms with Crippen molar-refractivity contribution in [1.29, 1.82) is 0 Å². The van der Waals surface area contributed by atoms with Gasteiger partial charge in [-0.25, -0.2) is 0 Å². The van der Waals surface area contributed by atoms with Crippen LogP contribution < -0.4 is 5.32 Å². The lowest BCUT2D eigenvalue weighted by Gasteiger charge is -2.22. The second-order valence-corrected chi connectivity index (χ2v) is 9.42. The minimum atomic E-state index is -0.916. The third kappa shape index (κ3) is 4.77. The van der Waals surface area contributed by atoms with Crippen LogP contribution in [0.15, 0.2) is 59.5 Å². The number of nitrogens with one attached hydrogen (secondary N) is 1. The first-order valence-corrected chi connectivity index (χ1v) is 11.8. The predicted molar refractivity (Wildman–Crippen MR) is 136 cm³/mol. The number of nitrogens with zero attached hydrogens (tertiary/aromatic N) is 1. The standard InChI is InChI=1S/C25H22N2O4S2/c1-15(23(30)26-12-6-11-22(28)29)27-24(31)21(33-25(27)32)14-20-18-9-4-2-7-16(18)13-17-8-3-5-10-19(17)20/h2-5,7-10,13-15H,6,11-12H2,1H3,(H,26,30)(H,28,29)/b21-14-. The van der Waals surface area contributed by atoms with E-state index in [2.05, 4.69) is 11.4 Å². The van der Waals surface area contributed by atoms with Crippen molar-refractivity contribution in [2.24, 2.45) is 0 Å². The largest absolute Gasteiger partial charge is 0.481 e. The fourth-order valence-electron chi connectivity index (χ4n) is 3.87. The minimum absolute atomic E-state index is 0.0303. The molecule has 33 heavy (non-hydrogen) atoms. The van der Waals surface area contributed by atoms with Crippen LogP contribution in [0.1, 0.15) is 25.3 Å². The molecule has 0 saturated carbocycles. The number of aliphatic carboxylic acids is 1. The lowest BCUT2D eigenvalue weighted by atomic mass is 9.96. The van der Waals surface area contributed by atoms with Crippen molar-refractivity contribution in [3.05, 3.63) is 65.1 Å². The summed E-state index contributed by atoms with van der Waals surface area (Å²) < 4.78 is 0.323. The van der Waals surface area contributed by atoms with Gasteiger partial charge in [-0.05, 0) is 52.6 Å². The normalized spacial score (nSPS) is 16.0. The van der Waals surface area contributed by atoms with Crippen LogP contribution >= 0.6 is 24.0 Å². The maximum absolute atomic E-state index is 13.2. The molecule has 0 bridgehead atoms. The number of thioether (sulfide) groups is 1. The van der Waals surface area contributed by atoms with Crippen molar-refractivity contribution in [2.45, 2.75) is 25.8 Å². The molecule has 1 fully saturated rings. The van der Waals surface area contributed by atoms with Gasteiger partial charge in [0.15, 0.2) is 0 Å². The van der Waals surface area contributed by atoms with E-state index in [0.29, 0.717) is 15.6 Å². The zero-order valence-electron chi connectivity index (χ0n) is 17.9. The van der Waals surface area contributed by atoms with Gasteiger partial charge in [-0.15, -0.1) is 0 Å². The number of rotatable bonds is 7. The number of thiocarbonyl (C=S) groups is 1. The number of carbonyl (C=O) groups is 3. The van der Waals surface area contributed by atoms with Crippen molar-refractivity contribution < 1.29 is 19.5 Å². The minimum Gasteiger partial charge on any atom is -0.481 e. The van der Waals surface area contributed by atoms with Crippen LogP contribution in [0.25, 0.3) is 27.6 Å². The predicted octanol–water partition coefficient (Wildman–Crippen LogP) is 4.56. The van der Waals surface area contributed by atoms with Gasteiger partial charge in [-0.2, -0.15) is 0 Å². The highest BCUT2D eigenvalue weighted by Crippen LogP contribution is 2.37. The summed E-state index contributed by atoms with van der Waals surface area (Å²) in [6, 6.07) is 17.4. The third-order valence-electron chi connectivity index (χ3n) is 5.55. The van der Waals surface area contributed by atoms with Gasteiger partial charge in [0.1, 0.15) is 10.4 Å². The first kappa shape index (κ1) is 22.9. The number of fused-ring (bicyclic) bond motifs is 2. The second kappa shape index (κ2) is 9.72. The van der Waals surface area contributed by atoms with E-state index >= 15 is 0 Å². The van der Waals surface area contributed by atoms with E-state index in [1.807, 2.05) is 54.6 Å². The fraction of sp³-hybridized carbons (Fsp3) is 0.200. The smallest absolute Gasteiger partial charge is 0.303 e. The summed E-state index contributed by atoms with van der Waals surface area (Å²) in [4.78, 5) is 38.2. The Labute approximate surface area is 200 Å². The summed E-state index contributed by atoms with van der Waals surface area (Å²) in [6.07, 6.45) is 2.15. The van der Waals surface area contributed by atoms with Gasteiger partial charge in [0.25, 0.3) is 5.91 Å². The van der Waals surface area contributed by atoms with Crippen LogP contribution in [0.2, 0.25) is 0 Å². The Morgan fingerprint density at radius 1 is 1.12 bits per heavy atom. The van der Waals surface area contributed by atoms with Gasteiger partial charge >= 0.3 is 5.97 Å². The average Bonchev–Trinajstić information content (AvgIpc) is 3.08. The van der Waals surface area contributed by atoms with E-state index in [0.717, 1.165) is 27.1 Å². The molecule has 1 unspecified atom stereocenters. The molecule has 1 aliphatic heterocycles. The average molecular weight is 479 g/mol. The Morgan fingerprint density at radius 2 is 1.73 bits per heavy atom. The van der Waals surface area contributed by atoms with E-state index in [9.17, 15) is 14.4 Å². The topological polar surface area (TPSA) is 86.7 Å². The van der Waals surface area contributed by atoms with E-state index < -0.39 is 12.0 Å². The molecule has 1 saturated heterocycles. The molecule has 0 aromatic heterocycles. The fourth-order valence-corrected chi connectivity index (χ4v) is 5.27. The molecule has 0 radical (unpaired) electrons. The molecule has 6 nitrogen and oxygen atoms in total. The Bertz CT molecular complexity index is 1260. The van der Waals surface area contributed by atoms with E-state index in [4.69, 9.17) is 17.3 Å². The van der Waals surface area contributed by atoms with Crippen molar-refractivity contribution in [3.63, 3.8) is 0 Å². The third-order valence-corrected chi connectivity index (χ3v) is 6.88. The summed E-state index contributed by atoms with van der Waals surface area (Å²) in [5.41, 5.74) is 0.940. The molecule has 8 heteroatoms. The zero-order valence-corrected chi connectivity index (χ0v) is 19.5. The van der Waals surface area contributed by atoms with Crippen LogP contribution in [-0.2, 0) is 14.4 Å². The van der Waals surface area contributed by atoms with Crippen LogP contribution in [0, 0.1) is 0 Å². The molecule has 3 aromatic carbocycles. The summed E-state index contributed by atoms with van der Waals surface area (Å²) in [5, 5.41) is 15.6. The van der Waals surface area contributed by atoms with Gasteiger partial charge in [0.2, 0.25) is 5.91 Å². The van der Waals surface area contributed by atoms with Crippen molar-refractivity contribution in [3.8, 4) is 0 Å². The molecule has 1 aliphatic rings. The van der Waals surface area contributed by atoms with Crippen molar-refractivity contribution in [1.82, 2.24) is 10.2 Å². The van der Waals surface area contributed by atoms with Crippen LogP contribution in [0.3, 0.4) is 0 Å². The second-order valence-electron chi connectivity index (χ2n) is 7.75. The van der Waals surface area contributed by atoms with Gasteiger partial charge in [0, 0.05) is 13.0 Å². The van der Waals surface area contributed by atoms with Crippen molar-refractivity contribution >= 4 is 73.7 Å². The summed E-state index contributed by atoms with van der Waals surface area (Å²) >= 11 is 6.62. The molecule has 0 aliphatic carbocycles. The number of amides is 2.